The van der Waals surface area contributed by atoms with Crippen LogP contribution >= 0.6 is 0 Å². The third kappa shape index (κ3) is 5.94. The standard InChI is InChI=1S/C24H33NO5/c1-4-25(15-23(26)28-5-2)13-7-10-24-29-16-19(17-30-24)21-9-6-8-18-14-20(27-3)11-12-22(18)21/h6,8-9,11-12,14,19,24H,4-5,7,10,13,15-17H2,1-3H3. The molecule has 1 fully saturated rings. The lowest BCUT2D eigenvalue weighted by Crippen LogP contribution is -2.34. The third-order valence-corrected chi connectivity index (χ3v) is 5.55. The minimum Gasteiger partial charge on any atom is -0.497 e. The molecule has 0 bridgehead atoms. The van der Waals surface area contributed by atoms with E-state index >= 15 is 0 Å². The average Bonchev–Trinajstić information content (AvgIpc) is 2.78. The van der Waals surface area contributed by atoms with Gasteiger partial charge in [0.2, 0.25) is 0 Å². The zero-order valence-electron chi connectivity index (χ0n) is 18.3. The van der Waals surface area contributed by atoms with E-state index in [1.807, 2.05) is 13.0 Å². The van der Waals surface area contributed by atoms with Crippen molar-refractivity contribution in [3.8, 4) is 5.75 Å². The number of ether oxygens (including phenoxy) is 4. The summed E-state index contributed by atoms with van der Waals surface area (Å²) in [6.45, 7) is 7.58. The first-order chi connectivity index (χ1) is 14.6. The summed E-state index contributed by atoms with van der Waals surface area (Å²) in [4.78, 5) is 13.7. The zero-order valence-corrected chi connectivity index (χ0v) is 18.3. The minimum atomic E-state index is -0.183. The van der Waals surface area contributed by atoms with Crippen molar-refractivity contribution in [1.29, 1.82) is 0 Å². The van der Waals surface area contributed by atoms with Crippen LogP contribution in [-0.4, -0.2) is 63.7 Å². The van der Waals surface area contributed by atoms with Crippen molar-refractivity contribution in [1.82, 2.24) is 4.90 Å². The molecule has 30 heavy (non-hydrogen) atoms. The van der Waals surface area contributed by atoms with Gasteiger partial charge in [0.15, 0.2) is 6.29 Å². The van der Waals surface area contributed by atoms with Crippen LogP contribution < -0.4 is 4.74 Å². The highest BCUT2D eigenvalue weighted by atomic mass is 16.7. The van der Waals surface area contributed by atoms with Crippen molar-refractivity contribution >= 4 is 16.7 Å². The number of rotatable bonds is 10. The van der Waals surface area contributed by atoms with Gasteiger partial charge in [-0.05, 0) is 61.3 Å². The zero-order chi connectivity index (χ0) is 21.3. The molecule has 1 saturated heterocycles. The number of carbonyl (C=O) groups is 1. The quantitative estimate of drug-likeness (QED) is 0.547. The number of likely N-dealkylation sites (N-methyl/N-ethyl adjacent to an activating group) is 1. The van der Waals surface area contributed by atoms with E-state index in [2.05, 4.69) is 42.2 Å². The molecule has 0 N–H and O–H groups in total. The molecule has 0 unspecified atom stereocenters. The van der Waals surface area contributed by atoms with Gasteiger partial charge in [0.1, 0.15) is 5.75 Å². The van der Waals surface area contributed by atoms with E-state index in [1.54, 1.807) is 7.11 Å². The van der Waals surface area contributed by atoms with Crippen LogP contribution in [0.5, 0.6) is 5.75 Å². The fourth-order valence-corrected chi connectivity index (χ4v) is 3.88. The Labute approximate surface area is 179 Å². The highest BCUT2D eigenvalue weighted by Gasteiger charge is 2.24. The summed E-state index contributed by atoms with van der Waals surface area (Å²) < 4.78 is 22.4. The topological polar surface area (TPSA) is 57.2 Å². The first kappa shape index (κ1) is 22.5. The lowest BCUT2D eigenvalue weighted by Gasteiger charge is -2.31. The van der Waals surface area contributed by atoms with E-state index < -0.39 is 0 Å². The summed E-state index contributed by atoms with van der Waals surface area (Å²) in [6, 6.07) is 12.5. The molecule has 1 heterocycles. The first-order valence-electron chi connectivity index (χ1n) is 10.8. The maximum Gasteiger partial charge on any atom is 0.320 e. The molecule has 3 rings (SSSR count). The summed E-state index contributed by atoms with van der Waals surface area (Å²) in [6.07, 6.45) is 1.55. The Hall–Kier alpha value is -2.15. The second kappa shape index (κ2) is 11.3. The summed E-state index contributed by atoms with van der Waals surface area (Å²) >= 11 is 0. The van der Waals surface area contributed by atoms with Crippen LogP contribution in [0.1, 0.15) is 38.2 Å². The van der Waals surface area contributed by atoms with Gasteiger partial charge in [0, 0.05) is 5.92 Å². The number of esters is 1. The van der Waals surface area contributed by atoms with Crippen LogP contribution in [0.3, 0.4) is 0 Å². The number of carbonyl (C=O) groups excluding carboxylic acids is 1. The van der Waals surface area contributed by atoms with E-state index in [0.29, 0.717) is 26.4 Å². The summed E-state index contributed by atoms with van der Waals surface area (Å²) in [7, 11) is 1.69. The second-order valence-electron chi connectivity index (χ2n) is 7.54. The molecule has 0 radical (unpaired) electrons. The smallest absolute Gasteiger partial charge is 0.320 e. The number of fused-ring (bicyclic) bond motifs is 1. The normalized spacial score (nSPS) is 19.2. The molecule has 2 aromatic carbocycles. The van der Waals surface area contributed by atoms with Gasteiger partial charge in [0.25, 0.3) is 0 Å². The van der Waals surface area contributed by atoms with Gasteiger partial charge in [-0.1, -0.05) is 31.2 Å². The molecular formula is C24H33NO5. The van der Waals surface area contributed by atoms with Crippen molar-refractivity contribution in [2.45, 2.75) is 38.9 Å². The van der Waals surface area contributed by atoms with Crippen LogP contribution in [0.4, 0.5) is 0 Å². The number of hydrogen-bond donors (Lipinski definition) is 0. The monoisotopic (exact) mass is 415 g/mol. The highest BCUT2D eigenvalue weighted by Crippen LogP contribution is 2.31. The van der Waals surface area contributed by atoms with E-state index in [0.717, 1.165) is 37.1 Å². The van der Waals surface area contributed by atoms with E-state index in [9.17, 15) is 4.79 Å². The molecule has 0 saturated carbocycles. The van der Waals surface area contributed by atoms with Gasteiger partial charge in [0.05, 0.1) is 33.5 Å². The van der Waals surface area contributed by atoms with Gasteiger partial charge in [-0.15, -0.1) is 0 Å². The number of benzene rings is 2. The van der Waals surface area contributed by atoms with Crippen LogP contribution in [-0.2, 0) is 19.0 Å². The summed E-state index contributed by atoms with van der Waals surface area (Å²) in [5.74, 6) is 0.911. The van der Waals surface area contributed by atoms with Crippen molar-refractivity contribution < 1.29 is 23.7 Å². The molecule has 6 nitrogen and oxygen atoms in total. The van der Waals surface area contributed by atoms with Crippen LogP contribution in [0.15, 0.2) is 36.4 Å². The van der Waals surface area contributed by atoms with Crippen LogP contribution in [0.2, 0.25) is 0 Å². The molecule has 1 aliphatic rings. The molecular weight excluding hydrogens is 382 g/mol. The molecule has 0 amide bonds. The Morgan fingerprint density at radius 1 is 1.17 bits per heavy atom. The fourth-order valence-electron chi connectivity index (χ4n) is 3.88. The largest absolute Gasteiger partial charge is 0.497 e. The molecule has 0 aliphatic carbocycles. The fraction of sp³-hybridized carbons (Fsp3) is 0.542. The van der Waals surface area contributed by atoms with Gasteiger partial charge >= 0.3 is 5.97 Å². The van der Waals surface area contributed by atoms with Gasteiger partial charge in [-0.3, -0.25) is 9.69 Å². The van der Waals surface area contributed by atoms with Crippen molar-refractivity contribution in [2.75, 3.05) is 46.6 Å². The van der Waals surface area contributed by atoms with E-state index in [-0.39, 0.29) is 18.2 Å². The van der Waals surface area contributed by atoms with Gasteiger partial charge in [-0.25, -0.2) is 0 Å². The number of hydrogen-bond acceptors (Lipinski definition) is 6. The highest BCUT2D eigenvalue weighted by molar-refractivity contribution is 5.87. The molecule has 164 valence electrons. The first-order valence-corrected chi connectivity index (χ1v) is 10.8. The lowest BCUT2D eigenvalue weighted by atomic mass is 9.94. The Morgan fingerprint density at radius 3 is 2.67 bits per heavy atom. The Balaban J connectivity index is 1.48. The average molecular weight is 416 g/mol. The Bertz CT molecular complexity index is 816. The van der Waals surface area contributed by atoms with E-state index in [4.69, 9.17) is 18.9 Å². The second-order valence-corrected chi connectivity index (χ2v) is 7.54. The summed E-state index contributed by atoms with van der Waals surface area (Å²) in [5, 5.41) is 2.38. The van der Waals surface area contributed by atoms with Crippen molar-refractivity contribution in [2.24, 2.45) is 0 Å². The molecule has 1 aliphatic heterocycles. The van der Waals surface area contributed by atoms with Crippen molar-refractivity contribution in [3.05, 3.63) is 42.0 Å². The van der Waals surface area contributed by atoms with Gasteiger partial charge in [-0.2, -0.15) is 0 Å². The SMILES string of the molecule is CCOC(=O)CN(CC)CCCC1OCC(c2cccc3cc(OC)ccc23)CO1. The molecule has 0 aromatic heterocycles. The van der Waals surface area contributed by atoms with Gasteiger partial charge < -0.3 is 18.9 Å². The Kier molecular flexibility index (Phi) is 8.49. The summed E-state index contributed by atoms with van der Waals surface area (Å²) in [5.41, 5.74) is 1.25. The van der Waals surface area contributed by atoms with Crippen molar-refractivity contribution in [3.63, 3.8) is 0 Å². The number of nitrogens with zero attached hydrogens (tertiary/aromatic N) is 1. The van der Waals surface area contributed by atoms with E-state index in [1.165, 1.54) is 10.9 Å². The predicted octanol–water partition coefficient (Wildman–Crippen LogP) is 3.97. The predicted molar refractivity (Wildman–Crippen MR) is 117 cm³/mol. The minimum absolute atomic E-state index is 0.167. The van der Waals surface area contributed by atoms with Crippen LogP contribution in [0.25, 0.3) is 10.8 Å². The molecule has 0 atom stereocenters. The number of methoxy groups -OCH3 is 1. The maximum atomic E-state index is 11.7. The molecule has 0 spiro atoms. The third-order valence-electron chi connectivity index (χ3n) is 5.55. The molecule has 2 aromatic rings. The molecule has 6 heteroatoms. The maximum absolute atomic E-state index is 11.7. The lowest BCUT2D eigenvalue weighted by molar-refractivity contribution is -0.190. The van der Waals surface area contributed by atoms with Crippen LogP contribution in [0, 0.1) is 0 Å². The Morgan fingerprint density at radius 2 is 1.97 bits per heavy atom.